The molecule has 0 spiro atoms. The smallest absolute Gasteiger partial charge is 0.309 e. The molecule has 122 valence electrons. The van der Waals surface area contributed by atoms with E-state index in [-0.39, 0.29) is 10.8 Å². The Labute approximate surface area is 134 Å². The molecule has 2 nitrogen and oxygen atoms in total. The van der Waals surface area contributed by atoms with Crippen LogP contribution in [0.25, 0.3) is 0 Å². The summed E-state index contributed by atoms with van der Waals surface area (Å²) in [4.78, 5) is 12.0. The summed E-state index contributed by atoms with van der Waals surface area (Å²) < 4.78 is 0. The van der Waals surface area contributed by atoms with Crippen LogP contribution in [-0.4, -0.2) is 11.1 Å². The molecule has 2 heteroatoms. The van der Waals surface area contributed by atoms with Crippen molar-refractivity contribution in [1.29, 1.82) is 0 Å². The first-order valence-electron chi connectivity index (χ1n) is 8.84. The van der Waals surface area contributed by atoms with Crippen LogP contribution in [0.5, 0.6) is 0 Å². The molecular weight excluding hydrogens is 272 g/mol. The van der Waals surface area contributed by atoms with Gasteiger partial charge in [0.25, 0.3) is 0 Å². The van der Waals surface area contributed by atoms with Crippen molar-refractivity contribution in [3.05, 3.63) is 24.3 Å². The maximum atomic E-state index is 12.0. The van der Waals surface area contributed by atoms with Gasteiger partial charge in [0.15, 0.2) is 0 Å². The molecule has 1 N–H and O–H groups in total. The second-order valence-corrected chi connectivity index (χ2v) is 8.69. The lowest BCUT2D eigenvalue weighted by atomic mass is 9.45. The van der Waals surface area contributed by atoms with Crippen molar-refractivity contribution in [3.8, 4) is 0 Å². The molecule has 0 unspecified atom stereocenters. The van der Waals surface area contributed by atoms with Crippen molar-refractivity contribution in [3.63, 3.8) is 0 Å². The highest BCUT2D eigenvalue weighted by molar-refractivity contribution is 5.75. The van der Waals surface area contributed by atoms with Gasteiger partial charge in [0.2, 0.25) is 0 Å². The number of hydrogen-bond acceptors (Lipinski definition) is 1. The van der Waals surface area contributed by atoms with Crippen molar-refractivity contribution in [2.24, 2.45) is 28.1 Å². The first-order valence-corrected chi connectivity index (χ1v) is 8.84. The lowest BCUT2D eigenvalue weighted by Gasteiger charge is -2.59. The van der Waals surface area contributed by atoms with Crippen molar-refractivity contribution in [2.75, 3.05) is 0 Å². The Balaban J connectivity index is 1.99. The van der Waals surface area contributed by atoms with E-state index in [0.717, 1.165) is 32.1 Å². The van der Waals surface area contributed by atoms with Gasteiger partial charge in [0.1, 0.15) is 0 Å². The monoisotopic (exact) mass is 302 g/mol. The van der Waals surface area contributed by atoms with E-state index in [1.165, 1.54) is 12.8 Å². The van der Waals surface area contributed by atoms with Gasteiger partial charge in [-0.1, -0.05) is 38.0 Å². The molecule has 0 aromatic carbocycles. The largest absolute Gasteiger partial charge is 0.481 e. The van der Waals surface area contributed by atoms with Crippen LogP contribution in [0.3, 0.4) is 0 Å². The minimum atomic E-state index is -0.581. The SMILES string of the molecule is C=C[C@@]1(C)C=C2CC[C@H]3[C@@](C)(CCC[C@]3(C)C(=O)O)[C@@H]2CC1. The normalized spacial score (nSPS) is 47.9. The third-order valence-corrected chi connectivity index (χ3v) is 7.38. The number of rotatable bonds is 2. The van der Waals surface area contributed by atoms with E-state index in [9.17, 15) is 9.90 Å². The van der Waals surface area contributed by atoms with Crippen LogP contribution in [0.15, 0.2) is 24.3 Å². The quantitative estimate of drug-likeness (QED) is 0.711. The van der Waals surface area contributed by atoms with Crippen molar-refractivity contribution in [2.45, 2.75) is 65.7 Å². The zero-order valence-electron chi connectivity index (χ0n) is 14.3. The number of carboxylic acids is 1. The Bertz CT molecular complexity index is 534. The third-order valence-electron chi connectivity index (χ3n) is 7.38. The zero-order chi connectivity index (χ0) is 16.2. The number of hydrogen-bond donors (Lipinski definition) is 1. The molecule has 0 aromatic rings. The van der Waals surface area contributed by atoms with Crippen molar-refractivity contribution >= 4 is 5.97 Å². The molecule has 3 aliphatic carbocycles. The van der Waals surface area contributed by atoms with Crippen LogP contribution in [-0.2, 0) is 4.79 Å². The first kappa shape index (κ1) is 15.8. The average Bonchev–Trinajstić information content (AvgIpc) is 2.46. The molecule has 3 aliphatic rings. The Hall–Kier alpha value is -1.05. The number of carbonyl (C=O) groups is 1. The van der Waals surface area contributed by atoms with E-state index in [1.807, 2.05) is 6.92 Å². The number of allylic oxidation sites excluding steroid dienone is 3. The van der Waals surface area contributed by atoms with Crippen LogP contribution < -0.4 is 0 Å². The highest BCUT2D eigenvalue weighted by Crippen LogP contribution is 2.63. The second-order valence-electron chi connectivity index (χ2n) is 8.69. The van der Waals surface area contributed by atoms with E-state index < -0.39 is 11.4 Å². The molecule has 3 rings (SSSR count). The summed E-state index contributed by atoms with van der Waals surface area (Å²) in [5.74, 6) is 0.322. The topological polar surface area (TPSA) is 37.3 Å². The summed E-state index contributed by atoms with van der Waals surface area (Å²) in [6, 6.07) is 0. The second kappa shape index (κ2) is 4.97. The van der Waals surface area contributed by atoms with Gasteiger partial charge in [0.05, 0.1) is 5.41 Å². The van der Waals surface area contributed by atoms with E-state index in [4.69, 9.17) is 0 Å². The highest BCUT2D eigenvalue weighted by Gasteiger charge is 2.58. The van der Waals surface area contributed by atoms with Gasteiger partial charge in [-0.15, -0.1) is 6.58 Å². The van der Waals surface area contributed by atoms with Gasteiger partial charge in [-0.25, -0.2) is 0 Å². The summed E-state index contributed by atoms with van der Waals surface area (Å²) in [7, 11) is 0. The highest BCUT2D eigenvalue weighted by atomic mass is 16.4. The van der Waals surface area contributed by atoms with Gasteiger partial charge in [0, 0.05) is 5.41 Å². The van der Waals surface area contributed by atoms with Gasteiger partial charge >= 0.3 is 5.97 Å². The minimum absolute atomic E-state index is 0.139. The van der Waals surface area contributed by atoms with Gasteiger partial charge < -0.3 is 5.11 Å². The predicted molar refractivity (Wildman–Crippen MR) is 89.5 cm³/mol. The molecule has 0 aliphatic heterocycles. The Morgan fingerprint density at radius 1 is 1.27 bits per heavy atom. The number of carboxylic acid groups (broad SMARTS) is 1. The maximum Gasteiger partial charge on any atom is 0.309 e. The fraction of sp³-hybridized carbons (Fsp3) is 0.750. The molecule has 0 radical (unpaired) electrons. The van der Waals surface area contributed by atoms with E-state index in [2.05, 4.69) is 32.6 Å². The van der Waals surface area contributed by atoms with Crippen molar-refractivity contribution in [1.82, 2.24) is 0 Å². The van der Waals surface area contributed by atoms with E-state index in [0.29, 0.717) is 11.8 Å². The number of fused-ring (bicyclic) bond motifs is 3. The molecular formula is C20H30O2. The molecule has 0 amide bonds. The molecule has 0 bridgehead atoms. The molecule has 0 aromatic heterocycles. The predicted octanol–water partition coefficient (Wildman–Crippen LogP) is 5.21. The zero-order valence-corrected chi connectivity index (χ0v) is 14.3. The standard InChI is InChI=1S/C20H30O2/c1-5-18(2)12-9-15-14(13-18)7-8-16-19(15,3)10-6-11-20(16,4)17(21)22/h5,13,15-16H,1,6-12H2,2-4H3,(H,21,22)/t15-,16+,18-,19+,20+/m1/s1. The average molecular weight is 302 g/mol. The summed E-state index contributed by atoms with van der Waals surface area (Å²) in [5, 5.41) is 9.84. The van der Waals surface area contributed by atoms with E-state index in [1.54, 1.807) is 5.57 Å². The van der Waals surface area contributed by atoms with Crippen LogP contribution >= 0.6 is 0 Å². The van der Waals surface area contributed by atoms with Gasteiger partial charge in [-0.2, -0.15) is 0 Å². The molecule has 2 fully saturated rings. The first-order chi connectivity index (χ1) is 10.3. The fourth-order valence-corrected chi connectivity index (χ4v) is 5.94. The van der Waals surface area contributed by atoms with Crippen LogP contribution in [0.1, 0.15) is 65.7 Å². The molecule has 0 heterocycles. The fourth-order valence-electron chi connectivity index (χ4n) is 5.94. The summed E-state index contributed by atoms with van der Waals surface area (Å²) in [6.45, 7) is 10.7. The summed E-state index contributed by atoms with van der Waals surface area (Å²) in [5.41, 5.74) is 1.36. The molecule has 22 heavy (non-hydrogen) atoms. The number of aliphatic carboxylic acids is 1. The van der Waals surface area contributed by atoms with Gasteiger partial charge in [-0.3, -0.25) is 4.79 Å². The Kier molecular flexibility index (Phi) is 3.58. The summed E-state index contributed by atoms with van der Waals surface area (Å²) >= 11 is 0. The molecule has 2 saturated carbocycles. The van der Waals surface area contributed by atoms with Crippen LogP contribution in [0, 0.1) is 28.1 Å². The van der Waals surface area contributed by atoms with Gasteiger partial charge in [-0.05, 0) is 62.7 Å². The Morgan fingerprint density at radius 3 is 2.64 bits per heavy atom. The van der Waals surface area contributed by atoms with E-state index >= 15 is 0 Å². The lowest BCUT2D eigenvalue weighted by molar-refractivity contribution is -0.164. The maximum absolute atomic E-state index is 12.0. The van der Waals surface area contributed by atoms with Crippen molar-refractivity contribution < 1.29 is 9.90 Å². The lowest BCUT2D eigenvalue weighted by Crippen LogP contribution is -2.54. The Morgan fingerprint density at radius 2 is 2.00 bits per heavy atom. The third kappa shape index (κ3) is 2.10. The van der Waals surface area contributed by atoms with Crippen LogP contribution in [0.2, 0.25) is 0 Å². The summed E-state index contributed by atoms with van der Waals surface area (Å²) in [6.07, 6.45) is 12.1. The molecule has 5 atom stereocenters. The van der Waals surface area contributed by atoms with Crippen LogP contribution in [0.4, 0.5) is 0 Å². The molecule has 0 saturated heterocycles. The minimum Gasteiger partial charge on any atom is -0.481 e.